The van der Waals surface area contributed by atoms with Crippen molar-refractivity contribution in [3.8, 4) is 0 Å². The molecule has 0 spiro atoms. The van der Waals surface area contributed by atoms with E-state index in [1.54, 1.807) is 0 Å². The largest absolute Gasteiger partial charge is 0.323 e. The Hall–Kier alpha value is 0.180. The highest BCUT2D eigenvalue weighted by atomic mass is 35.5. The van der Waals surface area contributed by atoms with Gasteiger partial charge in [-0.3, -0.25) is 0 Å². The third-order valence-electron chi connectivity index (χ3n) is 1.16. The van der Waals surface area contributed by atoms with Crippen molar-refractivity contribution in [2.24, 2.45) is 5.73 Å². The highest BCUT2D eigenvalue weighted by Gasteiger charge is 2.37. The van der Waals surface area contributed by atoms with Gasteiger partial charge in [0.15, 0.2) is 0 Å². The average molecular weight is 126 g/mol. The average Bonchev–Trinajstić information content (AvgIpc) is 2.22. The number of hydrogen-bond donors (Lipinski definition) is 1. The molecule has 0 aromatic carbocycles. The normalized spacial score (nSPS) is 23.1. The maximum atomic E-state index is 11.4. The standard InChI is InChI=1S/C4H8FN.ClH/c5-3-4(6)1-2-4;/h1-3,6H2;1H. The molecule has 7 heavy (non-hydrogen) atoms. The Balaban J connectivity index is 0.000000360. The van der Waals surface area contributed by atoms with Gasteiger partial charge < -0.3 is 5.73 Å². The van der Waals surface area contributed by atoms with Crippen LogP contribution in [0.3, 0.4) is 0 Å². The first-order valence-corrected chi connectivity index (χ1v) is 2.12. The summed E-state index contributed by atoms with van der Waals surface area (Å²) in [7, 11) is 0. The fraction of sp³-hybridized carbons (Fsp3) is 1.00. The van der Waals surface area contributed by atoms with Crippen molar-refractivity contribution in [3.63, 3.8) is 0 Å². The maximum absolute atomic E-state index is 11.4. The van der Waals surface area contributed by atoms with Crippen LogP contribution in [0.4, 0.5) is 4.39 Å². The Morgan fingerprint density at radius 1 is 1.57 bits per heavy atom. The highest BCUT2D eigenvalue weighted by molar-refractivity contribution is 5.85. The van der Waals surface area contributed by atoms with Gasteiger partial charge in [-0.2, -0.15) is 0 Å². The molecular weight excluding hydrogens is 117 g/mol. The quantitative estimate of drug-likeness (QED) is 0.553. The molecule has 0 radical (unpaired) electrons. The second-order valence-corrected chi connectivity index (χ2v) is 2.00. The predicted molar refractivity (Wildman–Crippen MR) is 29.4 cm³/mol. The van der Waals surface area contributed by atoms with Gasteiger partial charge in [0.25, 0.3) is 0 Å². The van der Waals surface area contributed by atoms with E-state index in [1.807, 2.05) is 0 Å². The lowest BCUT2D eigenvalue weighted by Crippen LogP contribution is -2.23. The zero-order valence-electron chi connectivity index (χ0n) is 3.98. The third-order valence-corrected chi connectivity index (χ3v) is 1.16. The Kier molecular flexibility index (Phi) is 2.02. The Morgan fingerprint density at radius 2 is 2.00 bits per heavy atom. The summed E-state index contributed by atoms with van der Waals surface area (Å²) >= 11 is 0. The molecule has 1 fully saturated rings. The zero-order valence-corrected chi connectivity index (χ0v) is 4.80. The molecule has 0 bridgehead atoms. The molecule has 0 saturated heterocycles. The van der Waals surface area contributed by atoms with Crippen molar-refractivity contribution < 1.29 is 4.39 Å². The van der Waals surface area contributed by atoms with Crippen molar-refractivity contribution in [3.05, 3.63) is 0 Å². The van der Waals surface area contributed by atoms with Crippen molar-refractivity contribution in [2.75, 3.05) is 6.67 Å². The van der Waals surface area contributed by atoms with Crippen LogP contribution in [0, 0.1) is 0 Å². The van der Waals surface area contributed by atoms with E-state index in [-0.39, 0.29) is 24.6 Å². The first kappa shape index (κ1) is 7.18. The molecule has 1 rings (SSSR count). The molecule has 2 N–H and O–H groups in total. The second kappa shape index (κ2) is 1.97. The fourth-order valence-electron chi connectivity index (χ4n) is 0.294. The first-order chi connectivity index (χ1) is 2.77. The van der Waals surface area contributed by atoms with Crippen molar-refractivity contribution in [2.45, 2.75) is 18.4 Å². The molecule has 0 atom stereocenters. The Bertz CT molecular complexity index is 62.7. The van der Waals surface area contributed by atoms with E-state index < -0.39 is 0 Å². The molecule has 0 aromatic heterocycles. The minimum Gasteiger partial charge on any atom is -0.323 e. The second-order valence-electron chi connectivity index (χ2n) is 2.00. The molecule has 1 saturated carbocycles. The Labute approximate surface area is 48.5 Å². The molecular formula is C4H9ClFN. The van der Waals surface area contributed by atoms with Gasteiger partial charge in [-0.1, -0.05) is 0 Å². The number of hydrogen-bond acceptors (Lipinski definition) is 1. The van der Waals surface area contributed by atoms with Crippen LogP contribution in [0.5, 0.6) is 0 Å². The fourth-order valence-corrected chi connectivity index (χ4v) is 0.294. The summed E-state index contributed by atoms with van der Waals surface area (Å²) in [5.41, 5.74) is 4.90. The van der Waals surface area contributed by atoms with E-state index in [2.05, 4.69) is 0 Å². The molecule has 0 aliphatic heterocycles. The monoisotopic (exact) mass is 125 g/mol. The topological polar surface area (TPSA) is 26.0 Å². The van der Waals surface area contributed by atoms with Gasteiger partial charge in [-0.25, -0.2) is 4.39 Å². The van der Waals surface area contributed by atoms with Gasteiger partial charge in [0.2, 0.25) is 0 Å². The summed E-state index contributed by atoms with van der Waals surface area (Å²) in [6.45, 7) is -0.340. The molecule has 44 valence electrons. The summed E-state index contributed by atoms with van der Waals surface area (Å²) in [6.07, 6.45) is 1.76. The van der Waals surface area contributed by atoms with Crippen LogP contribution < -0.4 is 5.73 Å². The summed E-state index contributed by atoms with van der Waals surface area (Å²) < 4.78 is 11.4. The van der Waals surface area contributed by atoms with E-state index in [4.69, 9.17) is 5.73 Å². The maximum Gasteiger partial charge on any atom is 0.107 e. The minimum atomic E-state index is -0.375. The van der Waals surface area contributed by atoms with E-state index >= 15 is 0 Å². The van der Waals surface area contributed by atoms with E-state index in [1.165, 1.54) is 0 Å². The van der Waals surface area contributed by atoms with Gasteiger partial charge in [0.05, 0.1) is 0 Å². The molecule has 1 nitrogen and oxygen atoms in total. The van der Waals surface area contributed by atoms with Crippen molar-refractivity contribution >= 4 is 12.4 Å². The van der Waals surface area contributed by atoms with Crippen molar-refractivity contribution in [1.82, 2.24) is 0 Å². The lowest BCUT2D eigenvalue weighted by atomic mass is 10.3. The SMILES string of the molecule is Cl.NC1(CF)CC1. The van der Waals surface area contributed by atoms with E-state index in [9.17, 15) is 4.39 Å². The van der Waals surface area contributed by atoms with Gasteiger partial charge in [0.1, 0.15) is 6.67 Å². The van der Waals surface area contributed by atoms with Crippen molar-refractivity contribution in [1.29, 1.82) is 0 Å². The molecule has 0 aromatic rings. The Morgan fingerprint density at radius 3 is 2.00 bits per heavy atom. The summed E-state index contributed by atoms with van der Waals surface area (Å²) in [5.74, 6) is 0. The molecule has 3 heteroatoms. The van der Waals surface area contributed by atoms with E-state index in [0.29, 0.717) is 0 Å². The highest BCUT2D eigenvalue weighted by Crippen LogP contribution is 2.31. The van der Waals surface area contributed by atoms with Crippen LogP contribution in [0.25, 0.3) is 0 Å². The lowest BCUT2D eigenvalue weighted by molar-refractivity contribution is 0.417. The number of rotatable bonds is 1. The van der Waals surface area contributed by atoms with Gasteiger partial charge in [-0.05, 0) is 12.8 Å². The van der Waals surface area contributed by atoms with Gasteiger partial charge in [0, 0.05) is 5.54 Å². The molecule has 1 aliphatic rings. The molecule has 0 amide bonds. The summed E-state index contributed by atoms with van der Waals surface area (Å²) in [4.78, 5) is 0. The van der Waals surface area contributed by atoms with Crippen LogP contribution in [0.2, 0.25) is 0 Å². The van der Waals surface area contributed by atoms with E-state index in [0.717, 1.165) is 12.8 Å². The van der Waals surface area contributed by atoms with Gasteiger partial charge >= 0.3 is 0 Å². The van der Waals surface area contributed by atoms with Crippen LogP contribution in [0.15, 0.2) is 0 Å². The number of nitrogens with two attached hydrogens (primary N) is 1. The number of alkyl halides is 1. The van der Waals surface area contributed by atoms with Crippen LogP contribution in [-0.4, -0.2) is 12.2 Å². The van der Waals surface area contributed by atoms with Crippen LogP contribution in [0.1, 0.15) is 12.8 Å². The third kappa shape index (κ3) is 1.61. The minimum absolute atomic E-state index is 0. The molecule has 0 heterocycles. The first-order valence-electron chi connectivity index (χ1n) is 2.12. The van der Waals surface area contributed by atoms with Gasteiger partial charge in [-0.15, -0.1) is 12.4 Å². The molecule has 1 aliphatic carbocycles. The van der Waals surface area contributed by atoms with Crippen LogP contribution in [-0.2, 0) is 0 Å². The lowest BCUT2D eigenvalue weighted by Gasteiger charge is -1.94. The summed E-state index contributed by atoms with van der Waals surface area (Å²) in [5, 5.41) is 0. The van der Waals surface area contributed by atoms with Crippen LogP contribution >= 0.6 is 12.4 Å². The smallest absolute Gasteiger partial charge is 0.107 e. The number of halogens is 2. The summed E-state index contributed by atoms with van der Waals surface area (Å²) in [6, 6.07) is 0. The molecule has 0 unspecified atom stereocenters. The zero-order chi connectivity index (χ0) is 4.62. The predicted octanol–water partition coefficient (Wildman–Crippen LogP) is 0.869.